The van der Waals surface area contributed by atoms with Gasteiger partial charge >= 0.3 is 0 Å². The van der Waals surface area contributed by atoms with Gasteiger partial charge in [-0.3, -0.25) is 4.79 Å². The number of sulfonamides is 1. The normalized spacial score (nSPS) is 18.4. The van der Waals surface area contributed by atoms with Crippen LogP contribution in [0.5, 0.6) is 0 Å². The monoisotopic (exact) mass is 412 g/mol. The van der Waals surface area contributed by atoms with Gasteiger partial charge in [-0.15, -0.1) is 0 Å². The second-order valence-electron chi connectivity index (χ2n) is 8.14. The van der Waals surface area contributed by atoms with Crippen LogP contribution in [0, 0.1) is 12.8 Å². The minimum Gasteiger partial charge on any atom is -0.312 e. The smallest absolute Gasteiger partial charge is 0.230 e. The minimum absolute atomic E-state index is 0.0192. The number of hydrogen-bond acceptors (Lipinski definition) is 3. The molecule has 1 amide bonds. The number of rotatable bonds is 4. The van der Waals surface area contributed by atoms with Crippen molar-refractivity contribution in [1.82, 2.24) is 4.31 Å². The van der Waals surface area contributed by atoms with Gasteiger partial charge in [0.25, 0.3) is 0 Å². The van der Waals surface area contributed by atoms with Gasteiger partial charge in [0.2, 0.25) is 15.9 Å². The maximum atomic E-state index is 13.2. The molecule has 2 aromatic carbocycles. The van der Waals surface area contributed by atoms with Crippen LogP contribution in [0.25, 0.3) is 0 Å². The maximum absolute atomic E-state index is 13.2. The highest BCUT2D eigenvalue weighted by Crippen LogP contribution is 2.31. The highest BCUT2D eigenvalue weighted by atomic mass is 32.2. The van der Waals surface area contributed by atoms with E-state index in [1.807, 2.05) is 35.2 Å². The number of aryl methyl sites for hydroxylation is 2. The van der Waals surface area contributed by atoms with E-state index in [1.165, 1.54) is 11.1 Å². The largest absolute Gasteiger partial charge is 0.312 e. The van der Waals surface area contributed by atoms with Crippen LogP contribution in [0.4, 0.5) is 5.69 Å². The molecule has 1 saturated heterocycles. The minimum atomic E-state index is -3.36. The summed E-state index contributed by atoms with van der Waals surface area (Å²) < 4.78 is 27.1. The van der Waals surface area contributed by atoms with Crippen LogP contribution in [0.15, 0.2) is 48.5 Å². The summed E-state index contributed by atoms with van der Waals surface area (Å²) in [4.78, 5) is 15.1. The second-order valence-corrected chi connectivity index (χ2v) is 10.1. The molecule has 2 heterocycles. The summed E-state index contributed by atoms with van der Waals surface area (Å²) in [7, 11) is -3.36. The topological polar surface area (TPSA) is 57.7 Å². The molecule has 2 aromatic rings. The van der Waals surface area contributed by atoms with E-state index in [2.05, 4.69) is 25.1 Å². The molecule has 6 heteroatoms. The van der Waals surface area contributed by atoms with Crippen molar-refractivity contribution in [2.75, 3.05) is 24.5 Å². The van der Waals surface area contributed by atoms with Crippen molar-refractivity contribution in [3.8, 4) is 0 Å². The van der Waals surface area contributed by atoms with Gasteiger partial charge in [0.1, 0.15) is 0 Å². The number of benzene rings is 2. The molecule has 0 aliphatic carbocycles. The van der Waals surface area contributed by atoms with Crippen molar-refractivity contribution in [3.63, 3.8) is 0 Å². The molecule has 0 radical (unpaired) electrons. The average Bonchev–Trinajstić information content (AvgIpc) is 2.73. The van der Waals surface area contributed by atoms with Crippen LogP contribution < -0.4 is 4.90 Å². The molecule has 0 atom stereocenters. The summed E-state index contributed by atoms with van der Waals surface area (Å²) in [5, 5.41) is 0. The molecule has 4 rings (SSSR count). The summed E-state index contributed by atoms with van der Waals surface area (Å²) in [5.41, 5.74) is 4.29. The van der Waals surface area contributed by atoms with Crippen molar-refractivity contribution < 1.29 is 13.2 Å². The zero-order valence-electron chi connectivity index (χ0n) is 16.9. The lowest BCUT2D eigenvalue weighted by Crippen LogP contribution is -2.46. The molecule has 2 aliphatic heterocycles. The van der Waals surface area contributed by atoms with Crippen molar-refractivity contribution >= 4 is 21.6 Å². The van der Waals surface area contributed by atoms with Gasteiger partial charge in [-0.1, -0.05) is 48.0 Å². The standard InChI is InChI=1S/C23H28N2O3S/c1-18-9-10-22-21(16-18)8-5-13-25(22)23(26)20-11-14-24(15-12-20)29(27,28)17-19-6-3-2-4-7-19/h2-4,6-7,9-10,16,20H,5,8,11-15,17H2,1H3. The van der Waals surface area contributed by atoms with E-state index < -0.39 is 10.0 Å². The number of fused-ring (bicyclic) bond motifs is 1. The van der Waals surface area contributed by atoms with Gasteiger partial charge < -0.3 is 4.90 Å². The number of hydrogen-bond donors (Lipinski definition) is 0. The van der Waals surface area contributed by atoms with E-state index in [9.17, 15) is 13.2 Å². The van der Waals surface area contributed by atoms with Crippen molar-refractivity contribution in [2.45, 2.75) is 38.4 Å². The number of piperidine rings is 1. The number of carbonyl (C=O) groups excluding carboxylic acids is 1. The highest BCUT2D eigenvalue weighted by molar-refractivity contribution is 7.88. The van der Waals surface area contributed by atoms with Gasteiger partial charge in [-0.25, -0.2) is 12.7 Å². The summed E-state index contributed by atoms with van der Waals surface area (Å²) in [6, 6.07) is 15.6. The molecule has 154 valence electrons. The first-order chi connectivity index (χ1) is 13.9. The van der Waals surface area contributed by atoms with Crippen LogP contribution in [-0.2, 0) is 27.0 Å². The highest BCUT2D eigenvalue weighted by Gasteiger charge is 2.34. The van der Waals surface area contributed by atoms with Gasteiger partial charge in [-0.2, -0.15) is 0 Å². The van der Waals surface area contributed by atoms with Gasteiger partial charge in [0, 0.05) is 31.2 Å². The first-order valence-corrected chi connectivity index (χ1v) is 12.0. The van der Waals surface area contributed by atoms with Crippen LogP contribution in [0.1, 0.15) is 36.0 Å². The molecule has 0 N–H and O–H groups in total. The Morgan fingerprint density at radius 2 is 1.76 bits per heavy atom. The Hall–Kier alpha value is -2.18. The molecule has 2 aliphatic rings. The molecular formula is C23H28N2O3S. The zero-order valence-corrected chi connectivity index (χ0v) is 17.7. The van der Waals surface area contributed by atoms with Gasteiger partial charge in [0.05, 0.1) is 5.75 Å². The SMILES string of the molecule is Cc1ccc2c(c1)CCCN2C(=O)C1CCN(S(=O)(=O)Cc2ccccc2)CC1. The van der Waals surface area contributed by atoms with Gasteiger partial charge in [-0.05, 0) is 49.8 Å². The van der Waals surface area contributed by atoms with E-state index in [-0.39, 0.29) is 17.6 Å². The maximum Gasteiger partial charge on any atom is 0.230 e. The predicted octanol–water partition coefficient (Wildman–Crippen LogP) is 3.52. The molecule has 29 heavy (non-hydrogen) atoms. The Kier molecular flexibility index (Phi) is 5.74. The average molecular weight is 413 g/mol. The predicted molar refractivity (Wildman–Crippen MR) is 115 cm³/mol. The van der Waals surface area contributed by atoms with E-state index in [1.54, 1.807) is 4.31 Å². The Balaban J connectivity index is 1.41. The summed E-state index contributed by atoms with van der Waals surface area (Å²) in [6.07, 6.45) is 3.17. The zero-order chi connectivity index (χ0) is 20.4. The fourth-order valence-electron chi connectivity index (χ4n) is 4.43. The number of nitrogens with zero attached hydrogens (tertiary/aromatic N) is 2. The Morgan fingerprint density at radius 1 is 1.03 bits per heavy atom. The van der Waals surface area contributed by atoms with E-state index >= 15 is 0 Å². The lowest BCUT2D eigenvalue weighted by atomic mass is 9.93. The molecule has 0 bridgehead atoms. The number of carbonyl (C=O) groups is 1. The second kappa shape index (κ2) is 8.28. The molecule has 0 unspecified atom stereocenters. The van der Waals surface area contributed by atoms with E-state index in [0.717, 1.165) is 30.6 Å². The van der Waals surface area contributed by atoms with Crippen LogP contribution >= 0.6 is 0 Å². The first kappa shape index (κ1) is 20.1. The fraction of sp³-hybridized carbons (Fsp3) is 0.435. The van der Waals surface area contributed by atoms with Crippen LogP contribution in [0.3, 0.4) is 0 Å². The summed E-state index contributed by atoms with van der Waals surface area (Å²) in [6.45, 7) is 3.66. The molecule has 0 saturated carbocycles. The van der Waals surface area contributed by atoms with Crippen molar-refractivity contribution in [1.29, 1.82) is 0 Å². The molecule has 5 nitrogen and oxygen atoms in total. The summed E-state index contributed by atoms with van der Waals surface area (Å²) in [5.74, 6) is 0.0611. The van der Waals surface area contributed by atoms with Crippen molar-refractivity contribution in [3.05, 3.63) is 65.2 Å². The molecule has 0 spiro atoms. The third kappa shape index (κ3) is 4.38. The molecular weight excluding hydrogens is 384 g/mol. The van der Waals surface area contributed by atoms with E-state index in [4.69, 9.17) is 0 Å². The third-order valence-electron chi connectivity index (χ3n) is 6.01. The van der Waals surface area contributed by atoms with Crippen molar-refractivity contribution in [2.24, 2.45) is 5.92 Å². The third-order valence-corrected chi connectivity index (χ3v) is 7.86. The first-order valence-electron chi connectivity index (χ1n) is 10.4. The summed E-state index contributed by atoms with van der Waals surface area (Å²) >= 11 is 0. The lowest BCUT2D eigenvalue weighted by molar-refractivity contribution is -0.123. The molecule has 0 aromatic heterocycles. The van der Waals surface area contributed by atoms with Crippen LogP contribution in [0.2, 0.25) is 0 Å². The quantitative estimate of drug-likeness (QED) is 0.772. The number of anilines is 1. The Morgan fingerprint density at radius 3 is 2.48 bits per heavy atom. The van der Waals surface area contributed by atoms with E-state index in [0.29, 0.717) is 25.9 Å². The Labute approximate surface area is 173 Å². The lowest BCUT2D eigenvalue weighted by Gasteiger charge is -2.36. The molecule has 1 fully saturated rings. The Bertz CT molecular complexity index is 980. The van der Waals surface area contributed by atoms with Crippen LogP contribution in [-0.4, -0.2) is 38.3 Å². The van der Waals surface area contributed by atoms with Gasteiger partial charge in [0.15, 0.2) is 0 Å². The number of amides is 1. The fourth-order valence-corrected chi connectivity index (χ4v) is 6.00.